The predicted molar refractivity (Wildman–Crippen MR) is 133 cm³/mol. The van der Waals surface area contributed by atoms with Gasteiger partial charge in [-0.3, -0.25) is 0 Å². The minimum Gasteiger partial charge on any atom is -0.103 e. The third kappa shape index (κ3) is 3.25. The number of unbranched alkanes of at least 4 members (excludes halogenated alkanes) is 1. The van der Waals surface area contributed by atoms with Gasteiger partial charge >= 0.3 is 0 Å². The average Bonchev–Trinajstić information content (AvgIpc) is 3.31. The van der Waals surface area contributed by atoms with E-state index in [1.165, 1.54) is 25.7 Å². The second kappa shape index (κ2) is 8.15. The molecular formula is C29H38Si. The van der Waals surface area contributed by atoms with Gasteiger partial charge in [-0.2, -0.15) is 0 Å². The van der Waals surface area contributed by atoms with Gasteiger partial charge in [0.05, 0.1) is 8.07 Å². The van der Waals surface area contributed by atoms with E-state index in [1.807, 2.05) is 0 Å². The Kier molecular flexibility index (Phi) is 5.52. The Labute approximate surface area is 184 Å². The van der Waals surface area contributed by atoms with Gasteiger partial charge in [0.25, 0.3) is 0 Å². The number of hydrogen-bond donors (Lipinski definition) is 0. The zero-order valence-electron chi connectivity index (χ0n) is 18.7. The van der Waals surface area contributed by atoms with E-state index in [9.17, 15) is 0 Å². The van der Waals surface area contributed by atoms with Crippen molar-refractivity contribution in [3.05, 3.63) is 85.6 Å². The van der Waals surface area contributed by atoms with Crippen LogP contribution >= 0.6 is 0 Å². The molecule has 0 aromatic rings. The fourth-order valence-electron chi connectivity index (χ4n) is 8.06. The lowest BCUT2D eigenvalue weighted by molar-refractivity contribution is 0.385. The Morgan fingerprint density at radius 3 is 1.80 bits per heavy atom. The molecule has 0 heterocycles. The molecule has 158 valence electrons. The van der Waals surface area contributed by atoms with Gasteiger partial charge in [-0.1, -0.05) is 92.1 Å². The summed E-state index contributed by atoms with van der Waals surface area (Å²) in [5, 5.41) is 0. The van der Waals surface area contributed by atoms with E-state index < -0.39 is 8.07 Å². The summed E-state index contributed by atoms with van der Waals surface area (Å²) < 4.78 is 0. The van der Waals surface area contributed by atoms with Crippen molar-refractivity contribution in [3.8, 4) is 0 Å². The number of fused-ring (bicyclic) bond motifs is 4. The zero-order valence-corrected chi connectivity index (χ0v) is 19.7. The van der Waals surface area contributed by atoms with E-state index in [-0.39, 0.29) is 0 Å². The summed E-state index contributed by atoms with van der Waals surface area (Å²) in [4.78, 5) is 0. The standard InChI is InChI=1S/C29H38Si/c1-4-5-6-13-21-20-28(25-17-10-7-14-22(21)25)30(2,3)29-26-18-11-8-15-23(26)24-16-9-12-19-27(24)29/h4,7-12,14-19,21-29H,1,5-6,13,20H2,2-3H3. The lowest BCUT2D eigenvalue weighted by Gasteiger charge is -2.44. The minimum absolute atomic E-state index is 0.709. The molecule has 5 aliphatic carbocycles. The molecule has 8 atom stereocenters. The molecule has 2 fully saturated rings. The third-order valence-corrected chi connectivity index (χ3v) is 14.3. The van der Waals surface area contributed by atoms with Gasteiger partial charge in [0.1, 0.15) is 0 Å². The van der Waals surface area contributed by atoms with Gasteiger partial charge in [0.2, 0.25) is 0 Å². The molecule has 0 aromatic heterocycles. The third-order valence-electron chi connectivity index (χ3n) is 9.30. The van der Waals surface area contributed by atoms with E-state index in [0.29, 0.717) is 11.8 Å². The Balaban J connectivity index is 1.45. The topological polar surface area (TPSA) is 0 Å². The number of rotatable bonds is 6. The Hall–Kier alpha value is -1.60. The highest BCUT2D eigenvalue weighted by atomic mass is 28.3. The molecule has 0 aliphatic heterocycles. The van der Waals surface area contributed by atoms with Crippen molar-refractivity contribution in [2.45, 2.75) is 49.9 Å². The maximum Gasteiger partial charge on any atom is 0.0554 e. The predicted octanol–water partition coefficient (Wildman–Crippen LogP) is 7.90. The summed E-state index contributed by atoms with van der Waals surface area (Å²) in [5.41, 5.74) is 1.76. The van der Waals surface area contributed by atoms with Crippen LogP contribution in [-0.4, -0.2) is 8.07 Å². The lowest BCUT2D eigenvalue weighted by atomic mass is 9.83. The van der Waals surface area contributed by atoms with E-state index in [1.54, 1.807) is 0 Å². The van der Waals surface area contributed by atoms with Gasteiger partial charge in [-0.15, -0.1) is 6.58 Å². The van der Waals surface area contributed by atoms with Crippen molar-refractivity contribution in [1.29, 1.82) is 0 Å². The molecule has 0 nitrogen and oxygen atoms in total. The van der Waals surface area contributed by atoms with Crippen molar-refractivity contribution >= 4 is 8.07 Å². The highest BCUT2D eigenvalue weighted by molar-refractivity contribution is 6.80. The summed E-state index contributed by atoms with van der Waals surface area (Å²) in [6.07, 6.45) is 36.7. The molecule has 8 unspecified atom stereocenters. The molecule has 0 radical (unpaired) electrons. The first kappa shape index (κ1) is 20.3. The molecule has 0 amide bonds. The molecule has 5 rings (SSSR count). The smallest absolute Gasteiger partial charge is 0.0554 e. The van der Waals surface area contributed by atoms with E-state index in [4.69, 9.17) is 0 Å². The van der Waals surface area contributed by atoms with Crippen LogP contribution in [-0.2, 0) is 0 Å². The molecule has 30 heavy (non-hydrogen) atoms. The Morgan fingerprint density at radius 2 is 1.23 bits per heavy atom. The molecule has 2 saturated carbocycles. The fraction of sp³-hybridized carbons (Fsp3) is 0.517. The fourth-order valence-corrected chi connectivity index (χ4v) is 13.4. The SMILES string of the molecule is C=CCCCC1CC([Si](C)(C)C2C3C=CC=CC3C3C=CC=CC32)C2C=CC=CC12. The number of allylic oxidation sites excluding steroid dienone is 13. The van der Waals surface area contributed by atoms with Crippen LogP contribution in [0.5, 0.6) is 0 Å². The van der Waals surface area contributed by atoms with E-state index >= 15 is 0 Å². The molecule has 1 heteroatoms. The van der Waals surface area contributed by atoms with Gasteiger partial charge in [0, 0.05) is 0 Å². The highest BCUT2D eigenvalue weighted by Gasteiger charge is 2.58. The maximum atomic E-state index is 3.95. The van der Waals surface area contributed by atoms with Crippen LogP contribution in [0.3, 0.4) is 0 Å². The summed E-state index contributed by atoms with van der Waals surface area (Å²) in [6, 6.07) is 0. The van der Waals surface area contributed by atoms with E-state index in [2.05, 4.69) is 98.7 Å². The number of hydrogen-bond acceptors (Lipinski definition) is 0. The first-order valence-electron chi connectivity index (χ1n) is 12.3. The van der Waals surface area contributed by atoms with Crippen LogP contribution in [0.15, 0.2) is 85.6 Å². The Morgan fingerprint density at radius 1 is 0.733 bits per heavy atom. The van der Waals surface area contributed by atoms with Crippen LogP contribution in [0, 0.1) is 41.4 Å². The van der Waals surface area contributed by atoms with Crippen molar-refractivity contribution in [1.82, 2.24) is 0 Å². The summed E-state index contributed by atoms with van der Waals surface area (Å²) >= 11 is 0. The van der Waals surface area contributed by atoms with Crippen LogP contribution in [0.25, 0.3) is 0 Å². The van der Waals surface area contributed by atoms with Crippen molar-refractivity contribution in [2.24, 2.45) is 41.4 Å². The van der Waals surface area contributed by atoms with Gasteiger partial charge < -0.3 is 0 Å². The quantitative estimate of drug-likeness (QED) is 0.235. The molecular weight excluding hydrogens is 376 g/mol. The Bertz CT molecular complexity index is 800. The lowest BCUT2D eigenvalue weighted by Crippen LogP contribution is -2.44. The van der Waals surface area contributed by atoms with Crippen molar-refractivity contribution in [3.63, 3.8) is 0 Å². The molecule has 0 N–H and O–H groups in total. The first-order chi connectivity index (χ1) is 14.6. The largest absolute Gasteiger partial charge is 0.103 e. The van der Waals surface area contributed by atoms with Gasteiger partial charge in [-0.25, -0.2) is 0 Å². The van der Waals surface area contributed by atoms with Crippen LogP contribution in [0.4, 0.5) is 0 Å². The first-order valence-corrected chi connectivity index (χ1v) is 15.4. The normalized spacial score (nSPS) is 42.9. The summed E-state index contributed by atoms with van der Waals surface area (Å²) in [7, 11) is -1.53. The maximum absolute atomic E-state index is 3.95. The minimum atomic E-state index is -1.53. The summed E-state index contributed by atoms with van der Waals surface area (Å²) in [6.45, 7) is 9.47. The molecule has 0 saturated heterocycles. The van der Waals surface area contributed by atoms with Gasteiger partial charge in [-0.05, 0) is 78.2 Å². The second-order valence-corrected chi connectivity index (χ2v) is 16.0. The molecule has 0 aromatic carbocycles. The van der Waals surface area contributed by atoms with Crippen LogP contribution < -0.4 is 0 Å². The molecule has 0 spiro atoms. The van der Waals surface area contributed by atoms with Crippen LogP contribution in [0.2, 0.25) is 24.2 Å². The molecule has 0 bridgehead atoms. The average molecular weight is 415 g/mol. The van der Waals surface area contributed by atoms with E-state index in [0.717, 1.165) is 40.7 Å². The zero-order chi connectivity index (χ0) is 20.7. The van der Waals surface area contributed by atoms with Crippen molar-refractivity contribution < 1.29 is 0 Å². The molecule has 5 aliphatic rings. The van der Waals surface area contributed by atoms with Crippen molar-refractivity contribution in [2.75, 3.05) is 0 Å². The highest BCUT2D eigenvalue weighted by Crippen LogP contribution is 2.64. The van der Waals surface area contributed by atoms with Crippen LogP contribution in [0.1, 0.15) is 25.7 Å². The summed E-state index contributed by atoms with van der Waals surface area (Å²) in [5.74, 6) is 5.30. The monoisotopic (exact) mass is 414 g/mol. The van der Waals surface area contributed by atoms with Gasteiger partial charge in [0.15, 0.2) is 0 Å². The second-order valence-electron chi connectivity index (χ2n) is 10.9.